The van der Waals surface area contributed by atoms with Crippen molar-refractivity contribution in [2.45, 2.75) is 19.9 Å². The number of imidazole rings is 1. The van der Waals surface area contributed by atoms with Crippen LogP contribution in [0.4, 0.5) is 0 Å². The summed E-state index contributed by atoms with van der Waals surface area (Å²) < 4.78 is 2.13. The minimum Gasteiger partial charge on any atom is -0.335 e. The summed E-state index contributed by atoms with van der Waals surface area (Å²) in [5.74, 6) is 0. The summed E-state index contributed by atoms with van der Waals surface area (Å²) in [4.78, 5) is 4.14. The van der Waals surface area contributed by atoms with Gasteiger partial charge >= 0.3 is 0 Å². The summed E-state index contributed by atoms with van der Waals surface area (Å²) >= 11 is 6.11. The van der Waals surface area contributed by atoms with Crippen molar-refractivity contribution in [3.05, 3.63) is 53.1 Å². The molecule has 0 N–H and O–H groups in total. The molecule has 0 saturated carbocycles. The van der Waals surface area contributed by atoms with Gasteiger partial charge in [0.05, 0.1) is 6.33 Å². The second-order valence-corrected chi connectivity index (χ2v) is 3.85. The maximum absolute atomic E-state index is 6.11. The van der Waals surface area contributed by atoms with E-state index in [0.29, 0.717) is 0 Å². The molecule has 0 bridgehead atoms. The molecule has 2 aromatic rings. The van der Waals surface area contributed by atoms with E-state index in [1.54, 1.807) is 0 Å². The SMILES string of the molecule is CCn1cncc1Cc1ccccc1Cl. The number of rotatable bonds is 3. The van der Waals surface area contributed by atoms with Gasteiger partial charge in [0.1, 0.15) is 0 Å². The second kappa shape index (κ2) is 4.49. The third-order valence-corrected chi connectivity index (χ3v) is 2.84. The molecule has 0 radical (unpaired) electrons. The zero-order chi connectivity index (χ0) is 10.7. The molecule has 0 unspecified atom stereocenters. The van der Waals surface area contributed by atoms with E-state index in [9.17, 15) is 0 Å². The Kier molecular flexibility index (Phi) is 3.07. The van der Waals surface area contributed by atoms with Crippen molar-refractivity contribution in [3.63, 3.8) is 0 Å². The summed E-state index contributed by atoms with van der Waals surface area (Å²) in [6.45, 7) is 3.05. The van der Waals surface area contributed by atoms with Crippen LogP contribution >= 0.6 is 11.6 Å². The van der Waals surface area contributed by atoms with Crippen molar-refractivity contribution in [1.82, 2.24) is 9.55 Å². The van der Waals surface area contributed by atoms with Crippen molar-refractivity contribution >= 4 is 11.6 Å². The van der Waals surface area contributed by atoms with E-state index >= 15 is 0 Å². The standard InChI is InChI=1S/C12H13ClN2/c1-2-15-9-14-8-11(15)7-10-5-3-4-6-12(10)13/h3-6,8-9H,2,7H2,1H3. The first-order valence-corrected chi connectivity index (χ1v) is 5.41. The maximum atomic E-state index is 6.11. The molecule has 0 aliphatic rings. The largest absolute Gasteiger partial charge is 0.335 e. The lowest BCUT2D eigenvalue weighted by Gasteiger charge is -2.06. The minimum atomic E-state index is 0.821. The molecule has 0 saturated heterocycles. The molecule has 1 heterocycles. The molecule has 78 valence electrons. The fraction of sp³-hybridized carbons (Fsp3) is 0.250. The number of aromatic nitrogens is 2. The van der Waals surface area contributed by atoms with E-state index in [2.05, 4.69) is 22.5 Å². The number of halogens is 1. The van der Waals surface area contributed by atoms with Crippen LogP contribution in [0.25, 0.3) is 0 Å². The lowest BCUT2D eigenvalue weighted by atomic mass is 10.1. The molecule has 3 heteroatoms. The normalized spacial score (nSPS) is 10.5. The Balaban J connectivity index is 2.26. The first-order valence-electron chi connectivity index (χ1n) is 5.03. The molecule has 2 rings (SSSR count). The Morgan fingerprint density at radius 1 is 1.33 bits per heavy atom. The Morgan fingerprint density at radius 3 is 2.87 bits per heavy atom. The highest BCUT2D eigenvalue weighted by molar-refractivity contribution is 6.31. The smallest absolute Gasteiger partial charge is 0.0948 e. The first-order chi connectivity index (χ1) is 7.31. The van der Waals surface area contributed by atoms with Crippen LogP contribution in [-0.4, -0.2) is 9.55 Å². The zero-order valence-corrected chi connectivity index (χ0v) is 9.41. The summed E-state index contributed by atoms with van der Waals surface area (Å²) in [5.41, 5.74) is 2.35. The van der Waals surface area contributed by atoms with Gasteiger partial charge in [0.2, 0.25) is 0 Å². The molecule has 15 heavy (non-hydrogen) atoms. The van der Waals surface area contributed by atoms with E-state index in [1.807, 2.05) is 30.7 Å². The number of nitrogens with zero attached hydrogens (tertiary/aromatic N) is 2. The van der Waals surface area contributed by atoms with Gasteiger partial charge in [0.15, 0.2) is 0 Å². The molecule has 0 amide bonds. The summed E-state index contributed by atoms with van der Waals surface area (Å²) in [5, 5.41) is 0.821. The predicted molar refractivity (Wildman–Crippen MR) is 62.2 cm³/mol. The molecular weight excluding hydrogens is 208 g/mol. The van der Waals surface area contributed by atoms with Crippen LogP contribution in [0.1, 0.15) is 18.2 Å². The van der Waals surface area contributed by atoms with Crippen LogP contribution in [0.5, 0.6) is 0 Å². The first kappa shape index (κ1) is 10.2. The summed E-state index contributed by atoms with van der Waals surface area (Å²) in [6, 6.07) is 7.93. The molecule has 1 aromatic carbocycles. The van der Waals surface area contributed by atoms with E-state index in [4.69, 9.17) is 11.6 Å². The molecule has 0 atom stereocenters. The van der Waals surface area contributed by atoms with Crippen molar-refractivity contribution in [2.75, 3.05) is 0 Å². The van der Waals surface area contributed by atoms with Gasteiger partial charge in [-0.05, 0) is 18.6 Å². The number of benzene rings is 1. The Hall–Kier alpha value is -1.28. The Bertz CT molecular complexity index is 448. The molecule has 0 aliphatic carbocycles. The van der Waals surface area contributed by atoms with E-state index in [-0.39, 0.29) is 0 Å². The fourth-order valence-electron chi connectivity index (χ4n) is 1.62. The molecular formula is C12H13ClN2. The Labute approximate surface area is 94.5 Å². The molecule has 1 aromatic heterocycles. The Morgan fingerprint density at radius 2 is 2.13 bits per heavy atom. The number of hydrogen-bond acceptors (Lipinski definition) is 1. The van der Waals surface area contributed by atoms with Gasteiger partial charge in [-0.25, -0.2) is 4.98 Å². The van der Waals surface area contributed by atoms with Crippen LogP contribution in [0, 0.1) is 0 Å². The van der Waals surface area contributed by atoms with Gasteiger partial charge in [-0.15, -0.1) is 0 Å². The van der Waals surface area contributed by atoms with Crippen molar-refractivity contribution in [3.8, 4) is 0 Å². The number of aryl methyl sites for hydroxylation is 1. The fourth-order valence-corrected chi connectivity index (χ4v) is 1.82. The van der Waals surface area contributed by atoms with Gasteiger partial charge < -0.3 is 4.57 Å². The van der Waals surface area contributed by atoms with Crippen LogP contribution in [0.15, 0.2) is 36.8 Å². The van der Waals surface area contributed by atoms with Crippen molar-refractivity contribution < 1.29 is 0 Å². The van der Waals surface area contributed by atoms with Crippen LogP contribution in [-0.2, 0) is 13.0 Å². The number of hydrogen-bond donors (Lipinski definition) is 0. The summed E-state index contributed by atoms with van der Waals surface area (Å²) in [6.07, 6.45) is 4.59. The topological polar surface area (TPSA) is 17.8 Å². The lowest BCUT2D eigenvalue weighted by Crippen LogP contribution is -2.00. The maximum Gasteiger partial charge on any atom is 0.0948 e. The monoisotopic (exact) mass is 220 g/mol. The highest BCUT2D eigenvalue weighted by Gasteiger charge is 2.04. The minimum absolute atomic E-state index is 0.821. The highest BCUT2D eigenvalue weighted by atomic mass is 35.5. The van der Waals surface area contributed by atoms with Gasteiger partial charge in [-0.3, -0.25) is 0 Å². The van der Waals surface area contributed by atoms with E-state index < -0.39 is 0 Å². The summed E-state index contributed by atoms with van der Waals surface area (Å²) in [7, 11) is 0. The van der Waals surface area contributed by atoms with Gasteiger partial charge in [0.25, 0.3) is 0 Å². The quantitative estimate of drug-likeness (QED) is 0.777. The van der Waals surface area contributed by atoms with E-state index in [0.717, 1.165) is 23.6 Å². The van der Waals surface area contributed by atoms with Gasteiger partial charge in [0, 0.05) is 29.9 Å². The average molecular weight is 221 g/mol. The molecule has 0 spiro atoms. The third-order valence-electron chi connectivity index (χ3n) is 2.47. The van der Waals surface area contributed by atoms with Crippen LogP contribution in [0.2, 0.25) is 5.02 Å². The molecule has 0 aliphatic heterocycles. The second-order valence-electron chi connectivity index (χ2n) is 3.44. The predicted octanol–water partition coefficient (Wildman–Crippen LogP) is 3.15. The van der Waals surface area contributed by atoms with Crippen molar-refractivity contribution in [2.24, 2.45) is 0 Å². The zero-order valence-electron chi connectivity index (χ0n) is 8.65. The third kappa shape index (κ3) is 2.21. The van der Waals surface area contributed by atoms with Crippen LogP contribution < -0.4 is 0 Å². The van der Waals surface area contributed by atoms with Gasteiger partial charge in [-0.1, -0.05) is 29.8 Å². The molecule has 2 nitrogen and oxygen atoms in total. The van der Waals surface area contributed by atoms with E-state index in [1.165, 1.54) is 5.69 Å². The highest BCUT2D eigenvalue weighted by Crippen LogP contribution is 2.18. The van der Waals surface area contributed by atoms with Crippen LogP contribution in [0.3, 0.4) is 0 Å². The molecule has 0 fully saturated rings. The lowest BCUT2D eigenvalue weighted by molar-refractivity contribution is 0.723. The average Bonchev–Trinajstić information content (AvgIpc) is 2.69. The van der Waals surface area contributed by atoms with Crippen molar-refractivity contribution in [1.29, 1.82) is 0 Å². The van der Waals surface area contributed by atoms with Gasteiger partial charge in [-0.2, -0.15) is 0 Å².